The minimum absolute atomic E-state index is 0.0997. The molecule has 4 nitrogen and oxygen atoms in total. The lowest BCUT2D eigenvalue weighted by atomic mass is 10.1. The van der Waals surface area contributed by atoms with Crippen LogP contribution in [0.2, 0.25) is 0 Å². The van der Waals surface area contributed by atoms with Crippen LogP contribution < -0.4 is 10.2 Å². The molecule has 1 aliphatic heterocycles. The van der Waals surface area contributed by atoms with Crippen molar-refractivity contribution < 1.29 is 9.90 Å². The lowest BCUT2D eigenvalue weighted by molar-refractivity contribution is -0.122. The highest BCUT2D eigenvalue weighted by Crippen LogP contribution is 2.26. The predicted molar refractivity (Wildman–Crippen MR) is 74.7 cm³/mol. The summed E-state index contributed by atoms with van der Waals surface area (Å²) in [5.41, 5.74) is 2.10. The van der Waals surface area contributed by atoms with Gasteiger partial charge in [0.1, 0.15) is 6.04 Å². The molecule has 2 rings (SSSR count). The number of carbonyl (C=O) groups excluding carboxylic acids is 1. The first-order chi connectivity index (χ1) is 8.63. The Bertz CT molecular complexity index is 451. The predicted octanol–water partition coefficient (Wildman–Crippen LogP) is 1.44. The van der Waals surface area contributed by atoms with Gasteiger partial charge in [0.15, 0.2) is 0 Å². The Labute approximate surface area is 115 Å². The van der Waals surface area contributed by atoms with Crippen LogP contribution in [-0.2, 0) is 4.79 Å². The summed E-state index contributed by atoms with van der Waals surface area (Å²) >= 11 is 3.43. The quantitative estimate of drug-likeness (QED) is 0.869. The molecule has 0 spiro atoms. The number of carbonyl (C=O) groups is 1. The summed E-state index contributed by atoms with van der Waals surface area (Å²) in [6.07, 6.45) is 0.887. The second-order valence-corrected chi connectivity index (χ2v) is 5.38. The third-order valence-corrected chi connectivity index (χ3v) is 3.69. The standard InChI is InChI=1S/C13H17BrN2O2/c1-9-7-10(14)3-4-11(9)16-6-2-5-15-13(18)12(16)8-17/h3-4,7,12,17H,2,5-6,8H2,1H3,(H,15,18). The van der Waals surface area contributed by atoms with Gasteiger partial charge in [-0.3, -0.25) is 4.79 Å². The smallest absolute Gasteiger partial charge is 0.245 e. The molecular formula is C13H17BrN2O2. The Morgan fingerprint density at radius 3 is 3.00 bits per heavy atom. The van der Waals surface area contributed by atoms with E-state index in [0.29, 0.717) is 6.54 Å². The summed E-state index contributed by atoms with van der Waals surface area (Å²) in [4.78, 5) is 13.9. The molecule has 1 atom stereocenters. The van der Waals surface area contributed by atoms with E-state index in [4.69, 9.17) is 0 Å². The van der Waals surface area contributed by atoms with E-state index >= 15 is 0 Å². The number of amides is 1. The maximum absolute atomic E-state index is 11.9. The minimum atomic E-state index is -0.493. The summed E-state index contributed by atoms with van der Waals surface area (Å²) in [5, 5.41) is 12.3. The molecule has 18 heavy (non-hydrogen) atoms. The molecular weight excluding hydrogens is 296 g/mol. The van der Waals surface area contributed by atoms with Gasteiger partial charge in [0, 0.05) is 23.2 Å². The van der Waals surface area contributed by atoms with Crippen molar-refractivity contribution in [3.63, 3.8) is 0 Å². The van der Waals surface area contributed by atoms with Gasteiger partial charge in [-0.15, -0.1) is 0 Å². The highest BCUT2D eigenvalue weighted by atomic mass is 79.9. The first-order valence-electron chi connectivity index (χ1n) is 6.05. The van der Waals surface area contributed by atoms with Crippen molar-refractivity contribution in [2.45, 2.75) is 19.4 Å². The minimum Gasteiger partial charge on any atom is -0.394 e. The van der Waals surface area contributed by atoms with Crippen molar-refractivity contribution in [2.24, 2.45) is 0 Å². The van der Waals surface area contributed by atoms with Gasteiger partial charge in [0.2, 0.25) is 5.91 Å². The number of halogens is 1. The van der Waals surface area contributed by atoms with Crippen molar-refractivity contribution in [3.05, 3.63) is 28.2 Å². The summed E-state index contributed by atoms with van der Waals surface area (Å²) < 4.78 is 1.02. The van der Waals surface area contributed by atoms with E-state index in [1.165, 1.54) is 0 Å². The van der Waals surface area contributed by atoms with Crippen LogP contribution in [0.1, 0.15) is 12.0 Å². The average Bonchev–Trinajstić information content (AvgIpc) is 2.51. The third kappa shape index (κ3) is 2.67. The lowest BCUT2D eigenvalue weighted by Gasteiger charge is -2.30. The van der Waals surface area contributed by atoms with Crippen LogP contribution in [0.25, 0.3) is 0 Å². The summed E-state index contributed by atoms with van der Waals surface area (Å²) in [6, 6.07) is 5.47. The number of hydrogen-bond donors (Lipinski definition) is 2. The second-order valence-electron chi connectivity index (χ2n) is 4.47. The lowest BCUT2D eigenvalue weighted by Crippen LogP contribution is -2.47. The molecule has 1 aromatic carbocycles. The fourth-order valence-corrected chi connectivity index (χ4v) is 2.76. The van der Waals surface area contributed by atoms with E-state index in [-0.39, 0.29) is 12.5 Å². The van der Waals surface area contributed by atoms with E-state index in [2.05, 4.69) is 21.2 Å². The van der Waals surface area contributed by atoms with Gasteiger partial charge in [-0.25, -0.2) is 0 Å². The molecule has 1 saturated heterocycles. The number of rotatable bonds is 2. The Morgan fingerprint density at radius 1 is 1.56 bits per heavy atom. The average molecular weight is 313 g/mol. The summed E-state index contributed by atoms with van der Waals surface area (Å²) in [7, 11) is 0. The number of nitrogens with zero attached hydrogens (tertiary/aromatic N) is 1. The van der Waals surface area contributed by atoms with Gasteiger partial charge in [0.05, 0.1) is 6.61 Å². The summed E-state index contributed by atoms with van der Waals surface area (Å²) in [5.74, 6) is -0.0997. The zero-order chi connectivity index (χ0) is 13.1. The molecule has 1 aliphatic rings. The maximum Gasteiger partial charge on any atom is 0.245 e. The molecule has 1 heterocycles. The van der Waals surface area contributed by atoms with E-state index in [9.17, 15) is 9.90 Å². The fourth-order valence-electron chi connectivity index (χ4n) is 2.29. The highest BCUT2D eigenvalue weighted by molar-refractivity contribution is 9.10. The number of aliphatic hydroxyl groups excluding tert-OH is 1. The first kappa shape index (κ1) is 13.4. The zero-order valence-corrected chi connectivity index (χ0v) is 11.9. The van der Waals surface area contributed by atoms with Gasteiger partial charge in [0.25, 0.3) is 0 Å². The van der Waals surface area contributed by atoms with Crippen molar-refractivity contribution >= 4 is 27.5 Å². The molecule has 0 aliphatic carbocycles. The number of benzene rings is 1. The molecule has 98 valence electrons. The number of nitrogens with one attached hydrogen (secondary N) is 1. The molecule has 0 radical (unpaired) electrons. The van der Waals surface area contributed by atoms with Gasteiger partial charge in [-0.2, -0.15) is 0 Å². The molecule has 0 aromatic heterocycles. The Balaban J connectivity index is 2.36. The number of aryl methyl sites for hydroxylation is 1. The normalized spacial score (nSPS) is 20.5. The van der Waals surface area contributed by atoms with Crippen molar-refractivity contribution in [3.8, 4) is 0 Å². The molecule has 0 bridgehead atoms. The van der Waals surface area contributed by atoms with Gasteiger partial charge in [-0.1, -0.05) is 15.9 Å². The second kappa shape index (κ2) is 5.71. The topological polar surface area (TPSA) is 52.6 Å². The number of aliphatic hydroxyl groups is 1. The van der Waals surface area contributed by atoms with Gasteiger partial charge in [-0.05, 0) is 37.1 Å². The SMILES string of the molecule is Cc1cc(Br)ccc1N1CCCNC(=O)C1CO. The molecule has 0 saturated carbocycles. The van der Waals surface area contributed by atoms with E-state index in [0.717, 1.165) is 28.7 Å². The molecule has 1 unspecified atom stereocenters. The zero-order valence-electron chi connectivity index (χ0n) is 10.3. The Hall–Kier alpha value is -1.07. The van der Waals surface area contributed by atoms with Crippen LogP contribution in [0.5, 0.6) is 0 Å². The monoisotopic (exact) mass is 312 g/mol. The van der Waals surface area contributed by atoms with Crippen molar-refractivity contribution in [2.75, 3.05) is 24.6 Å². The van der Waals surface area contributed by atoms with Crippen LogP contribution in [0, 0.1) is 6.92 Å². The molecule has 2 N–H and O–H groups in total. The van der Waals surface area contributed by atoms with Crippen LogP contribution in [0.15, 0.2) is 22.7 Å². The largest absolute Gasteiger partial charge is 0.394 e. The van der Waals surface area contributed by atoms with Crippen LogP contribution in [-0.4, -0.2) is 36.8 Å². The summed E-state index contributed by atoms with van der Waals surface area (Å²) in [6.45, 7) is 3.28. The van der Waals surface area contributed by atoms with E-state index in [1.54, 1.807) is 0 Å². The Morgan fingerprint density at radius 2 is 2.33 bits per heavy atom. The highest BCUT2D eigenvalue weighted by Gasteiger charge is 2.28. The maximum atomic E-state index is 11.9. The Kier molecular flexibility index (Phi) is 4.24. The molecule has 1 aromatic rings. The first-order valence-corrected chi connectivity index (χ1v) is 6.84. The molecule has 1 amide bonds. The fraction of sp³-hybridized carbons (Fsp3) is 0.462. The van der Waals surface area contributed by atoms with Gasteiger partial charge < -0.3 is 15.3 Å². The van der Waals surface area contributed by atoms with Crippen LogP contribution in [0.4, 0.5) is 5.69 Å². The van der Waals surface area contributed by atoms with Gasteiger partial charge >= 0.3 is 0 Å². The number of anilines is 1. The van der Waals surface area contributed by atoms with E-state index in [1.807, 2.05) is 30.0 Å². The van der Waals surface area contributed by atoms with Crippen molar-refractivity contribution in [1.82, 2.24) is 5.32 Å². The van der Waals surface area contributed by atoms with E-state index < -0.39 is 6.04 Å². The number of hydrogen-bond acceptors (Lipinski definition) is 3. The van der Waals surface area contributed by atoms with Crippen LogP contribution >= 0.6 is 15.9 Å². The van der Waals surface area contributed by atoms with Crippen molar-refractivity contribution in [1.29, 1.82) is 0 Å². The molecule has 5 heteroatoms. The molecule has 1 fully saturated rings. The third-order valence-electron chi connectivity index (χ3n) is 3.20. The van der Waals surface area contributed by atoms with Crippen LogP contribution in [0.3, 0.4) is 0 Å².